The average Bonchev–Trinajstić information content (AvgIpc) is 3.29. The maximum atomic E-state index is 13.9. The second-order valence-corrected chi connectivity index (χ2v) is 9.03. The van der Waals surface area contributed by atoms with E-state index in [0.29, 0.717) is 12.2 Å². The summed E-state index contributed by atoms with van der Waals surface area (Å²) in [5, 5.41) is 4.39. The van der Waals surface area contributed by atoms with Gasteiger partial charge in [-0.25, -0.2) is 9.50 Å². The molecule has 33 heavy (non-hydrogen) atoms. The van der Waals surface area contributed by atoms with Crippen molar-refractivity contribution >= 4 is 17.5 Å². The van der Waals surface area contributed by atoms with E-state index in [1.165, 1.54) is 25.5 Å². The lowest BCUT2D eigenvalue weighted by molar-refractivity contribution is 0.0600. The minimum Gasteiger partial charge on any atom is -0.365 e. The minimum atomic E-state index is -0.558. The quantitative estimate of drug-likeness (QED) is 0.649. The fraction of sp³-hybridized carbons (Fsp3) is 0.440. The Morgan fingerprint density at radius 2 is 1.76 bits per heavy atom. The summed E-state index contributed by atoms with van der Waals surface area (Å²) in [6, 6.07) is 9.75. The lowest BCUT2D eigenvalue weighted by atomic mass is 9.96. The van der Waals surface area contributed by atoms with Gasteiger partial charge >= 0.3 is 0 Å². The summed E-state index contributed by atoms with van der Waals surface area (Å²) < 4.78 is 1.66. The number of piperidine rings is 2. The van der Waals surface area contributed by atoms with Gasteiger partial charge in [0.05, 0.1) is 17.9 Å². The van der Waals surface area contributed by atoms with Gasteiger partial charge < -0.3 is 10.6 Å². The highest BCUT2D eigenvalue weighted by Gasteiger charge is 2.32. The fourth-order valence-corrected chi connectivity index (χ4v) is 5.20. The van der Waals surface area contributed by atoms with Gasteiger partial charge in [0.2, 0.25) is 0 Å². The van der Waals surface area contributed by atoms with Crippen LogP contribution < -0.4 is 5.73 Å². The molecule has 2 saturated heterocycles. The highest BCUT2D eigenvalue weighted by molar-refractivity contribution is 5.98. The summed E-state index contributed by atoms with van der Waals surface area (Å²) in [5.74, 6) is -0.502. The van der Waals surface area contributed by atoms with Gasteiger partial charge in [0.25, 0.3) is 11.8 Å². The van der Waals surface area contributed by atoms with Crippen molar-refractivity contribution in [1.29, 1.82) is 0 Å². The lowest BCUT2D eigenvalue weighted by Gasteiger charge is -2.36. The van der Waals surface area contributed by atoms with Crippen LogP contribution in [-0.2, 0) is 6.54 Å². The van der Waals surface area contributed by atoms with Crippen molar-refractivity contribution in [2.24, 2.45) is 5.73 Å². The number of aromatic nitrogens is 3. The number of hydrogen-bond donors (Lipinski definition) is 1. The molecule has 3 aromatic rings. The van der Waals surface area contributed by atoms with E-state index in [2.05, 4.69) is 21.0 Å². The summed E-state index contributed by atoms with van der Waals surface area (Å²) in [6.07, 6.45) is 9.69. The van der Waals surface area contributed by atoms with Crippen LogP contribution in [0.25, 0.3) is 5.65 Å². The standard InChI is InChI=1S/C25H30N6O2/c26-23(32)20-16-28-31-22(11-12-27-24(20)31)21-10-4-7-15-30(21)25(33)19-9-3-2-8-18(19)17-29-13-5-1-6-14-29/h2-3,8-9,11-12,16,21H,1,4-7,10,13-15,17H2,(H2,26,32). The van der Waals surface area contributed by atoms with Crippen LogP contribution in [0.4, 0.5) is 0 Å². The van der Waals surface area contributed by atoms with Crippen molar-refractivity contribution < 1.29 is 9.59 Å². The third-order valence-corrected chi connectivity index (χ3v) is 6.89. The second-order valence-electron chi connectivity index (χ2n) is 9.03. The first kappa shape index (κ1) is 21.6. The largest absolute Gasteiger partial charge is 0.365 e. The first-order valence-corrected chi connectivity index (χ1v) is 11.9. The smallest absolute Gasteiger partial charge is 0.254 e. The Morgan fingerprint density at radius 3 is 2.58 bits per heavy atom. The van der Waals surface area contributed by atoms with Crippen molar-refractivity contribution in [3.8, 4) is 0 Å². The highest BCUT2D eigenvalue weighted by Crippen LogP contribution is 2.33. The number of primary amides is 1. The van der Waals surface area contributed by atoms with Gasteiger partial charge in [-0.05, 0) is 62.9 Å². The molecule has 0 bridgehead atoms. The highest BCUT2D eigenvalue weighted by atomic mass is 16.2. The third-order valence-electron chi connectivity index (χ3n) is 6.89. The molecule has 2 aliphatic rings. The van der Waals surface area contributed by atoms with Crippen molar-refractivity contribution in [3.63, 3.8) is 0 Å². The van der Waals surface area contributed by atoms with Crippen LogP contribution in [0.5, 0.6) is 0 Å². The zero-order valence-corrected chi connectivity index (χ0v) is 18.8. The average molecular weight is 447 g/mol. The molecule has 2 fully saturated rings. The monoisotopic (exact) mass is 446 g/mol. The molecule has 1 atom stereocenters. The van der Waals surface area contributed by atoms with Crippen molar-refractivity contribution in [2.45, 2.75) is 51.1 Å². The molecule has 2 aliphatic heterocycles. The Labute approximate surface area is 193 Å². The van der Waals surface area contributed by atoms with Crippen molar-refractivity contribution in [1.82, 2.24) is 24.4 Å². The molecule has 2 aromatic heterocycles. The van der Waals surface area contributed by atoms with Gasteiger partial charge in [-0.1, -0.05) is 24.6 Å². The maximum absolute atomic E-state index is 13.9. The summed E-state index contributed by atoms with van der Waals surface area (Å²) in [7, 11) is 0. The number of carbonyl (C=O) groups excluding carboxylic acids is 2. The summed E-state index contributed by atoms with van der Waals surface area (Å²) in [6.45, 7) is 3.67. The first-order valence-electron chi connectivity index (χ1n) is 11.9. The van der Waals surface area contributed by atoms with E-state index in [-0.39, 0.29) is 17.5 Å². The molecule has 2 N–H and O–H groups in total. The fourth-order valence-electron chi connectivity index (χ4n) is 5.20. The molecule has 5 rings (SSSR count). The van der Waals surface area contributed by atoms with Crippen LogP contribution >= 0.6 is 0 Å². The summed E-state index contributed by atoms with van der Waals surface area (Å²) >= 11 is 0. The summed E-state index contributed by atoms with van der Waals surface area (Å²) in [5.41, 5.74) is 8.94. The van der Waals surface area contributed by atoms with Crippen LogP contribution in [0.15, 0.2) is 42.7 Å². The number of fused-ring (bicyclic) bond motifs is 1. The number of rotatable bonds is 5. The van der Waals surface area contributed by atoms with E-state index in [0.717, 1.165) is 55.7 Å². The molecular formula is C25H30N6O2. The number of benzene rings is 1. The molecule has 0 saturated carbocycles. The number of likely N-dealkylation sites (tertiary alicyclic amines) is 2. The predicted molar refractivity (Wildman–Crippen MR) is 125 cm³/mol. The molecule has 2 amide bonds. The SMILES string of the molecule is NC(=O)c1cnn2c(C3CCCCN3C(=O)c3ccccc3CN3CCCCC3)ccnc12. The van der Waals surface area contributed by atoms with Gasteiger partial charge in [0, 0.05) is 24.8 Å². The van der Waals surface area contributed by atoms with E-state index >= 15 is 0 Å². The molecule has 8 nitrogen and oxygen atoms in total. The second kappa shape index (κ2) is 9.31. The van der Waals surface area contributed by atoms with E-state index in [4.69, 9.17) is 5.73 Å². The molecule has 172 valence electrons. The van der Waals surface area contributed by atoms with Crippen molar-refractivity contribution in [3.05, 3.63) is 65.1 Å². The van der Waals surface area contributed by atoms with Gasteiger partial charge in [-0.3, -0.25) is 14.5 Å². The number of nitrogens with two attached hydrogens (primary N) is 1. The Morgan fingerprint density at radius 1 is 0.970 bits per heavy atom. The minimum absolute atomic E-state index is 0.0551. The lowest BCUT2D eigenvalue weighted by Crippen LogP contribution is -2.40. The molecule has 4 heterocycles. The number of carbonyl (C=O) groups is 2. The van der Waals surface area contributed by atoms with E-state index < -0.39 is 5.91 Å². The molecule has 1 aromatic carbocycles. The van der Waals surface area contributed by atoms with E-state index in [9.17, 15) is 9.59 Å². The zero-order chi connectivity index (χ0) is 22.8. The molecule has 8 heteroatoms. The van der Waals surface area contributed by atoms with Gasteiger partial charge in [0.15, 0.2) is 5.65 Å². The zero-order valence-electron chi connectivity index (χ0n) is 18.8. The molecule has 0 radical (unpaired) electrons. The molecule has 1 unspecified atom stereocenters. The molecule has 0 aliphatic carbocycles. The number of nitrogens with zero attached hydrogens (tertiary/aromatic N) is 5. The van der Waals surface area contributed by atoms with Crippen molar-refractivity contribution in [2.75, 3.05) is 19.6 Å². The molecule has 0 spiro atoms. The normalized spacial score (nSPS) is 19.6. The first-order chi connectivity index (χ1) is 16.1. The topological polar surface area (TPSA) is 96.8 Å². The molecular weight excluding hydrogens is 416 g/mol. The van der Waals surface area contributed by atoms with Crippen LogP contribution in [0.2, 0.25) is 0 Å². The van der Waals surface area contributed by atoms with Gasteiger partial charge in [-0.2, -0.15) is 5.10 Å². The van der Waals surface area contributed by atoms with E-state index in [1.54, 1.807) is 10.7 Å². The van der Waals surface area contributed by atoms with E-state index in [1.807, 2.05) is 29.2 Å². The predicted octanol–water partition coefficient (Wildman–Crippen LogP) is 3.18. The van der Waals surface area contributed by atoms with Crippen LogP contribution in [-0.4, -0.2) is 55.8 Å². The number of amides is 2. The Balaban J connectivity index is 1.47. The van der Waals surface area contributed by atoms with Crippen LogP contribution in [0, 0.1) is 0 Å². The maximum Gasteiger partial charge on any atom is 0.254 e. The Bertz CT molecular complexity index is 1170. The Hall–Kier alpha value is -3.26. The Kier molecular flexibility index (Phi) is 6.09. The summed E-state index contributed by atoms with van der Waals surface area (Å²) in [4.78, 5) is 34.4. The van der Waals surface area contributed by atoms with Crippen LogP contribution in [0.1, 0.15) is 76.5 Å². The third kappa shape index (κ3) is 4.23. The number of hydrogen-bond acceptors (Lipinski definition) is 5. The van der Waals surface area contributed by atoms with Gasteiger partial charge in [-0.15, -0.1) is 0 Å². The van der Waals surface area contributed by atoms with Gasteiger partial charge in [0.1, 0.15) is 5.56 Å². The van der Waals surface area contributed by atoms with Crippen LogP contribution in [0.3, 0.4) is 0 Å².